The van der Waals surface area contributed by atoms with Crippen LogP contribution in [0, 0.1) is 0 Å². The van der Waals surface area contributed by atoms with Crippen LogP contribution in [-0.2, 0) is 37.8 Å². The predicted molar refractivity (Wildman–Crippen MR) is 172 cm³/mol. The number of pyridine rings is 2. The maximum absolute atomic E-state index is 13.7. The number of nitrogens with zero attached hydrogens (tertiary/aromatic N) is 2. The van der Waals surface area contributed by atoms with E-state index >= 15 is 0 Å². The van der Waals surface area contributed by atoms with Crippen LogP contribution in [0.15, 0.2) is 65.5 Å². The van der Waals surface area contributed by atoms with Crippen molar-refractivity contribution in [1.29, 1.82) is 0 Å². The Morgan fingerprint density at radius 1 is 1.11 bits per heavy atom. The number of fused-ring (bicyclic) bond motifs is 5. The summed E-state index contributed by atoms with van der Waals surface area (Å²) < 4.78 is 12.9. The Hall–Kier alpha value is -4.61. The number of amides is 1. The van der Waals surface area contributed by atoms with Crippen molar-refractivity contribution in [2.45, 2.75) is 51.4 Å². The molecule has 0 saturated heterocycles. The number of carbonyl (C=O) groups is 3. The maximum atomic E-state index is 13.7. The molecule has 12 heteroatoms. The van der Waals surface area contributed by atoms with E-state index in [1.807, 2.05) is 30.3 Å². The van der Waals surface area contributed by atoms with Gasteiger partial charge in [0.2, 0.25) is 5.60 Å². The molecular weight excluding hydrogens is 616 g/mol. The van der Waals surface area contributed by atoms with Crippen LogP contribution in [0.5, 0.6) is 0 Å². The van der Waals surface area contributed by atoms with Gasteiger partial charge < -0.3 is 19.4 Å². The molecule has 45 heavy (non-hydrogen) atoms. The zero-order valence-electron chi connectivity index (χ0n) is 24.4. The second-order valence-electron chi connectivity index (χ2n) is 10.9. The van der Waals surface area contributed by atoms with Gasteiger partial charge in [-0.05, 0) is 67.9 Å². The van der Waals surface area contributed by atoms with Gasteiger partial charge in [-0.1, -0.05) is 42.8 Å². The Morgan fingerprint density at radius 3 is 2.73 bits per heavy atom. The molecule has 2 aliphatic rings. The number of thiocarbonyl (C=S) groups is 1. The predicted octanol–water partition coefficient (Wildman–Crippen LogP) is 4.76. The van der Waals surface area contributed by atoms with Crippen LogP contribution in [0.2, 0.25) is 5.02 Å². The van der Waals surface area contributed by atoms with Gasteiger partial charge in [-0.3, -0.25) is 19.7 Å². The van der Waals surface area contributed by atoms with Crippen LogP contribution in [0.4, 0.5) is 0 Å². The van der Waals surface area contributed by atoms with Crippen LogP contribution in [0.3, 0.4) is 0 Å². The van der Waals surface area contributed by atoms with Crippen molar-refractivity contribution >= 4 is 57.7 Å². The molecule has 2 N–H and O–H groups in total. The minimum absolute atomic E-state index is 0.0218. The van der Waals surface area contributed by atoms with Crippen molar-refractivity contribution in [3.8, 4) is 11.4 Å². The number of aromatic nitrogens is 2. The third-order valence-electron chi connectivity index (χ3n) is 8.08. The van der Waals surface area contributed by atoms with E-state index in [9.17, 15) is 19.2 Å². The number of nitrogens with one attached hydrogen (secondary N) is 2. The average molecular weight is 645 g/mol. The SMILES string of the molecule is CC[C@@]1(OC(=O)CCCCNC(=S)NC(=O)c2cccc(Cl)c2)C(=O)OCc2c1cc1n(c2=O)Cc2cc3ccccc3nc2-1. The third kappa shape index (κ3) is 5.81. The molecule has 2 aromatic heterocycles. The highest BCUT2D eigenvalue weighted by Crippen LogP contribution is 2.41. The molecule has 1 atom stereocenters. The van der Waals surface area contributed by atoms with Gasteiger partial charge in [-0.2, -0.15) is 0 Å². The summed E-state index contributed by atoms with van der Waals surface area (Å²) in [5.41, 5.74) is 1.91. The van der Waals surface area contributed by atoms with E-state index in [-0.39, 0.29) is 36.0 Å². The Balaban J connectivity index is 1.12. The molecule has 2 aromatic carbocycles. The fraction of sp³-hybridized carbons (Fsp3) is 0.273. The summed E-state index contributed by atoms with van der Waals surface area (Å²) in [6.07, 6.45) is 1.07. The summed E-state index contributed by atoms with van der Waals surface area (Å²) in [6, 6.07) is 18.0. The lowest BCUT2D eigenvalue weighted by molar-refractivity contribution is -0.189. The largest absolute Gasteiger partial charge is 0.457 e. The number of unbranched alkanes of at least 4 members (excludes halogenated alkanes) is 1. The highest BCUT2D eigenvalue weighted by atomic mass is 35.5. The molecule has 0 fully saturated rings. The zero-order chi connectivity index (χ0) is 31.7. The molecule has 0 unspecified atom stereocenters. The number of carbonyl (C=O) groups excluding carboxylic acids is 3. The van der Waals surface area contributed by atoms with Gasteiger partial charge in [-0.15, -0.1) is 0 Å². The molecule has 0 saturated carbocycles. The van der Waals surface area contributed by atoms with Crippen molar-refractivity contribution in [1.82, 2.24) is 20.2 Å². The molecule has 4 aromatic rings. The number of hydrogen-bond acceptors (Lipinski definition) is 8. The smallest absolute Gasteiger partial charge is 0.355 e. The van der Waals surface area contributed by atoms with Gasteiger partial charge >= 0.3 is 11.9 Å². The quantitative estimate of drug-likeness (QED) is 0.140. The van der Waals surface area contributed by atoms with Crippen molar-refractivity contribution in [3.63, 3.8) is 0 Å². The molecule has 6 rings (SSSR count). The van der Waals surface area contributed by atoms with Crippen molar-refractivity contribution < 1.29 is 23.9 Å². The number of rotatable bonds is 8. The molecule has 0 spiro atoms. The minimum Gasteiger partial charge on any atom is -0.457 e. The van der Waals surface area contributed by atoms with E-state index < -0.39 is 17.5 Å². The fourth-order valence-electron chi connectivity index (χ4n) is 5.77. The van der Waals surface area contributed by atoms with E-state index in [0.717, 1.165) is 16.5 Å². The number of para-hydroxylation sites is 1. The summed E-state index contributed by atoms with van der Waals surface area (Å²) in [5.74, 6) is -1.69. The summed E-state index contributed by atoms with van der Waals surface area (Å²) in [6.45, 7) is 2.27. The van der Waals surface area contributed by atoms with Gasteiger partial charge in [0.25, 0.3) is 11.5 Å². The van der Waals surface area contributed by atoms with Crippen molar-refractivity contribution in [3.05, 3.63) is 98.3 Å². The lowest BCUT2D eigenvalue weighted by Gasteiger charge is -2.35. The normalized spacial score (nSPS) is 16.3. The number of hydrogen-bond donors (Lipinski definition) is 2. The number of benzene rings is 2. The first-order valence-corrected chi connectivity index (χ1v) is 15.4. The maximum Gasteiger partial charge on any atom is 0.355 e. The monoisotopic (exact) mass is 644 g/mol. The van der Waals surface area contributed by atoms with Gasteiger partial charge in [-0.25, -0.2) is 9.78 Å². The molecule has 4 heterocycles. The van der Waals surface area contributed by atoms with Crippen LogP contribution in [0.1, 0.15) is 59.7 Å². The minimum atomic E-state index is -1.75. The Bertz CT molecular complexity index is 1940. The molecular formula is C33H29ClN4O6S. The van der Waals surface area contributed by atoms with E-state index in [4.69, 9.17) is 38.3 Å². The van der Waals surface area contributed by atoms with E-state index in [2.05, 4.69) is 10.6 Å². The van der Waals surface area contributed by atoms with Gasteiger partial charge in [0.15, 0.2) is 5.11 Å². The standard InChI is InChI=1S/C33H29ClN4O6S/c1-2-33(44-27(39)12-5-6-13-35-32(45)37-29(40)20-9-7-10-22(34)15-20)24-16-26-28-21(14-19-8-3-4-11-25(19)36-28)17-38(26)30(41)23(24)18-43-31(33)42/h3-4,7-11,14-16H,2,5-6,12-13,17-18H2,1H3,(H2,35,37,40,45)/t33-/m0/s1. The zero-order valence-corrected chi connectivity index (χ0v) is 25.9. The second kappa shape index (κ2) is 12.4. The lowest BCUT2D eigenvalue weighted by Crippen LogP contribution is -2.47. The summed E-state index contributed by atoms with van der Waals surface area (Å²) in [7, 11) is 0. The number of esters is 2. The highest BCUT2D eigenvalue weighted by molar-refractivity contribution is 7.80. The van der Waals surface area contributed by atoms with Crippen LogP contribution in [-0.4, -0.2) is 39.1 Å². The Morgan fingerprint density at radius 2 is 1.93 bits per heavy atom. The van der Waals surface area contributed by atoms with E-state index in [0.29, 0.717) is 59.0 Å². The summed E-state index contributed by atoms with van der Waals surface area (Å²) >= 11 is 11.1. The van der Waals surface area contributed by atoms with Crippen LogP contribution in [0.25, 0.3) is 22.3 Å². The topological polar surface area (TPSA) is 129 Å². The molecule has 0 radical (unpaired) electrons. The van der Waals surface area contributed by atoms with Gasteiger partial charge in [0.05, 0.1) is 29.0 Å². The van der Waals surface area contributed by atoms with Crippen molar-refractivity contribution in [2.24, 2.45) is 0 Å². The van der Waals surface area contributed by atoms with Gasteiger partial charge in [0, 0.05) is 40.1 Å². The third-order valence-corrected chi connectivity index (χ3v) is 8.56. The molecule has 2 aliphatic heterocycles. The fourth-order valence-corrected chi connectivity index (χ4v) is 6.16. The molecule has 0 bridgehead atoms. The first kappa shape index (κ1) is 30.4. The lowest BCUT2D eigenvalue weighted by atomic mass is 9.85. The molecule has 0 aliphatic carbocycles. The Kier molecular flexibility index (Phi) is 8.39. The number of ether oxygens (including phenoxy) is 2. The molecule has 230 valence electrons. The first-order chi connectivity index (χ1) is 21.7. The molecule has 10 nitrogen and oxygen atoms in total. The van der Waals surface area contributed by atoms with Crippen molar-refractivity contribution in [2.75, 3.05) is 6.54 Å². The first-order valence-electron chi connectivity index (χ1n) is 14.6. The summed E-state index contributed by atoms with van der Waals surface area (Å²) in [5, 5.41) is 7.09. The highest BCUT2D eigenvalue weighted by Gasteiger charge is 2.50. The molecule has 1 amide bonds. The summed E-state index contributed by atoms with van der Waals surface area (Å²) in [4.78, 5) is 57.1. The second-order valence-corrected chi connectivity index (χ2v) is 11.8. The van der Waals surface area contributed by atoms with Gasteiger partial charge in [0.1, 0.15) is 6.61 Å². The number of cyclic esters (lactones) is 1. The van der Waals surface area contributed by atoms with Crippen LogP contribution >= 0.6 is 23.8 Å². The number of halogens is 1. The van der Waals surface area contributed by atoms with E-state index in [1.165, 1.54) is 6.07 Å². The van der Waals surface area contributed by atoms with Crippen LogP contribution < -0.4 is 16.2 Å². The van der Waals surface area contributed by atoms with E-state index in [1.54, 1.807) is 35.8 Å². The average Bonchev–Trinajstić information content (AvgIpc) is 3.39. The Labute approximate surface area is 268 Å².